The lowest BCUT2D eigenvalue weighted by Gasteiger charge is -2.50. The molecule has 5 unspecified atom stereocenters. The Morgan fingerprint density at radius 3 is 2.96 bits per heavy atom. The standard InChI is InChI=1S/C19H22N2O2/c1-2-12-11-21-8-7-13(12)9-17(21)19(23)15-10-18(22)20-16-6-4-3-5-14(15)16/h2-6,10,12-13,17,19,23H,1,7-9,11H2,(H,20,22). The Balaban J connectivity index is 1.72. The molecule has 5 atom stereocenters. The summed E-state index contributed by atoms with van der Waals surface area (Å²) in [6.07, 6.45) is 3.58. The van der Waals surface area contributed by atoms with E-state index < -0.39 is 6.10 Å². The van der Waals surface area contributed by atoms with Gasteiger partial charge in [0.15, 0.2) is 0 Å². The lowest BCUT2D eigenvalue weighted by Crippen LogP contribution is -2.54. The largest absolute Gasteiger partial charge is 0.387 e. The molecule has 2 bridgehead atoms. The van der Waals surface area contributed by atoms with Gasteiger partial charge in [0.2, 0.25) is 5.56 Å². The monoisotopic (exact) mass is 310 g/mol. The summed E-state index contributed by atoms with van der Waals surface area (Å²) in [7, 11) is 0. The fourth-order valence-corrected chi connectivity index (χ4v) is 4.39. The number of aromatic amines is 1. The van der Waals surface area contributed by atoms with Gasteiger partial charge < -0.3 is 10.1 Å². The maximum absolute atomic E-state index is 12.0. The van der Waals surface area contributed by atoms with Crippen LogP contribution < -0.4 is 5.56 Å². The van der Waals surface area contributed by atoms with Crippen LogP contribution in [-0.4, -0.2) is 34.1 Å². The second-order valence-electron chi connectivity index (χ2n) is 6.83. The minimum absolute atomic E-state index is 0.0927. The molecule has 3 saturated heterocycles. The number of aliphatic hydroxyl groups is 1. The van der Waals surface area contributed by atoms with Crippen molar-refractivity contribution >= 4 is 10.9 Å². The number of para-hydroxylation sites is 1. The highest BCUT2D eigenvalue weighted by Gasteiger charge is 2.42. The van der Waals surface area contributed by atoms with Crippen molar-refractivity contribution in [2.24, 2.45) is 11.8 Å². The Morgan fingerprint density at radius 2 is 2.22 bits per heavy atom. The van der Waals surface area contributed by atoms with E-state index in [4.69, 9.17) is 0 Å². The quantitative estimate of drug-likeness (QED) is 0.856. The second-order valence-corrected chi connectivity index (χ2v) is 6.83. The van der Waals surface area contributed by atoms with Crippen LogP contribution in [0.3, 0.4) is 0 Å². The zero-order chi connectivity index (χ0) is 16.0. The van der Waals surface area contributed by atoms with Gasteiger partial charge in [-0.05, 0) is 42.9 Å². The number of pyridine rings is 1. The molecule has 2 aromatic rings. The van der Waals surface area contributed by atoms with Crippen LogP contribution in [-0.2, 0) is 0 Å². The van der Waals surface area contributed by atoms with Crippen LogP contribution in [0.5, 0.6) is 0 Å². The molecule has 0 spiro atoms. The maximum atomic E-state index is 12.0. The van der Waals surface area contributed by atoms with E-state index >= 15 is 0 Å². The van der Waals surface area contributed by atoms with Gasteiger partial charge in [-0.1, -0.05) is 24.3 Å². The molecule has 0 aliphatic carbocycles. The zero-order valence-electron chi connectivity index (χ0n) is 13.1. The van der Waals surface area contributed by atoms with Gasteiger partial charge in [-0.2, -0.15) is 0 Å². The molecule has 3 aliphatic heterocycles. The predicted molar refractivity (Wildman–Crippen MR) is 91.3 cm³/mol. The van der Waals surface area contributed by atoms with Gasteiger partial charge in [-0.15, -0.1) is 6.58 Å². The van der Waals surface area contributed by atoms with Crippen molar-refractivity contribution in [2.75, 3.05) is 13.1 Å². The SMILES string of the molecule is C=CC1CN2CCC1CC2C(O)c1cc(=O)[nH]c2ccccc12. The molecule has 4 heteroatoms. The van der Waals surface area contributed by atoms with Crippen molar-refractivity contribution in [1.29, 1.82) is 0 Å². The Kier molecular flexibility index (Phi) is 3.58. The summed E-state index contributed by atoms with van der Waals surface area (Å²) < 4.78 is 0. The molecule has 1 aromatic heterocycles. The van der Waals surface area contributed by atoms with E-state index in [0.717, 1.165) is 36.0 Å². The molecule has 3 fully saturated rings. The summed E-state index contributed by atoms with van der Waals surface area (Å²) in [6.45, 7) is 5.94. The average molecular weight is 310 g/mol. The van der Waals surface area contributed by atoms with Crippen LogP contribution >= 0.6 is 0 Å². The number of hydrogen-bond donors (Lipinski definition) is 2. The first-order valence-corrected chi connectivity index (χ1v) is 8.34. The summed E-state index contributed by atoms with van der Waals surface area (Å²) in [5.74, 6) is 1.13. The number of rotatable bonds is 3. The van der Waals surface area contributed by atoms with E-state index in [0.29, 0.717) is 11.8 Å². The van der Waals surface area contributed by atoms with Gasteiger partial charge in [-0.3, -0.25) is 9.69 Å². The minimum Gasteiger partial charge on any atom is -0.387 e. The third-order valence-corrected chi connectivity index (χ3v) is 5.62. The van der Waals surface area contributed by atoms with E-state index in [1.165, 1.54) is 6.42 Å². The molecule has 5 rings (SSSR count). The summed E-state index contributed by atoms with van der Waals surface area (Å²) in [5.41, 5.74) is 1.38. The van der Waals surface area contributed by atoms with Crippen molar-refractivity contribution in [2.45, 2.75) is 25.0 Å². The first kappa shape index (κ1) is 14.7. The third kappa shape index (κ3) is 2.42. The number of benzene rings is 1. The lowest BCUT2D eigenvalue weighted by atomic mass is 9.73. The van der Waals surface area contributed by atoms with E-state index in [2.05, 4.69) is 22.5 Å². The van der Waals surface area contributed by atoms with Crippen molar-refractivity contribution in [3.63, 3.8) is 0 Å². The zero-order valence-corrected chi connectivity index (χ0v) is 13.1. The van der Waals surface area contributed by atoms with Gasteiger partial charge >= 0.3 is 0 Å². The van der Waals surface area contributed by atoms with Crippen LogP contribution in [0, 0.1) is 11.8 Å². The Morgan fingerprint density at radius 1 is 1.39 bits per heavy atom. The van der Waals surface area contributed by atoms with Crippen LogP contribution in [0.2, 0.25) is 0 Å². The number of hydrogen-bond acceptors (Lipinski definition) is 3. The minimum atomic E-state index is -0.629. The third-order valence-electron chi connectivity index (χ3n) is 5.62. The number of aliphatic hydroxyl groups excluding tert-OH is 1. The summed E-state index contributed by atoms with van der Waals surface area (Å²) in [4.78, 5) is 17.2. The van der Waals surface area contributed by atoms with Crippen molar-refractivity contribution < 1.29 is 5.11 Å². The van der Waals surface area contributed by atoms with Crippen LogP contribution in [0.4, 0.5) is 0 Å². The Hall–Kier alpha value is -1.91. The average Bonchev–Trinajstić information content (AvgIpc) is 2.60. The first-order valence-electron chi connectivity index (χ1n) is 8.34. The molecule has 0 amide bonds. The van der Waals surface area contributed by atoms with E-state index in [-0.39, 0.29) is 11.6 Å². The predicted octanol–water partition coefficient (Wildman–Crippen LogP) is 2.46. The molecular formula is C19H22N2O2. The molecule has 3 aliphatic rings. The number of H-pyrrole nitrogens is 1. The lowest BCUT2D eigenvalue weighted by molar-refractivity contribution is -0.0445. The normalized spacial score (nSPS) is 31.2. The smallest absolute Gasteiger partial charge is 0.248 e. The highest BCUT2D eigenvalue weighted by molar-refractivity contribution is 5.82. The van der Waals surface area contributed by atoms with Crippen LogP contribution in [0.25, 0.3) is 10.9 Å². The molecule has 4 nitrogen and oxygen atoms in total. The molecule has 120 valence electrons. The number of aromatic nitrogens is 1. The molecule has 23 heavy (non-hydrogen) atoms. The van der Waals surface area contributed by atoms with E-state index in [1.54, 1.807) is 6.07 Å². The van der Waals surface area contributed by atoms with Crippen LogP contribution in [0.15, 0.2) is 47.8 Å². The van der Waals surface area contributed by atoms with Gasteiger partial charge in [0.05, 0.1) is 6.10 Å². The fourth-order valence-electron chi connectivity index (χ4n) is 4.39. The molecule has 4 heterocycles. The summed E-state index contributed by atoms with van der Waals surface area (Å²) in [5, 5.41) is 12.0. The molecular weight excluding hydrogens is 288 g/mol. The van der Waals surface area contributed by atoms with E-state index in [1.807, 2.05) is 24.3 Å². The topological polar surface area (TPSA) is 56.3 Å². The Labute approximate surface area is 135 Å². The molecule has 2 N–H and O–H groups in total. The molecule has 0 saturated carbocycles. The number of nitrogens with one attached hydrogen (secondary N) is 1. The van der Waals surface area contributed by atoms with Crippen molar-refractivity contribution in [3.8, 4) is 0 Å². The van der Waals surface area contributed by atoms with Crippen LogP contribution in [0.1, 0.15) is 24.5 Å². The van der Waals surface area contributed by atoms with Gasteiger partial charge in [0.1, 0.15) is 0 Å². The summed E-state index contributed by atoms with van der Waals surface area (Å²) in [6, 6.07) is 9.34. The van der Waals surface area contributed by atoms with E-state index in [9.17, 15) is 9.90 Å². The summed E-state index contributed by atoms with van der Waals surface area (Å²) >= 11 is 0. The highest BCUT2D eigenvalue weighted by Crippen LogP contribution is 2.41. The Bertz CT molecular complexity index is 797. The number of fused-ring (bicyclic) bond motifs is 4. The van der Waals surface area contributed by atoms with Gasteiger partial charge in [0, 0.05) is 29.6 Å². The molecule has 1 aromatic carbocycles. The highest BCUT2D eigenvalue weighted by atomic mass is 16.3. The second kappa shape index (κ2) is 5.62. The first-order chi connectivity index (χ1) is 11.2. The molecule has 0 radical (unpaired) electrons. The number of piperidine rings is 3. The van der Waals surface area contributed by atoms with Gasteiger partial charge in [-0.25, -0.2) is 0 Å². The van der Waals surface area contributed by atoms with Crippen molar-refractivity contribution in [3.05, 3.63) is 58.9 Å². The fraction of sp³-hybridized carbons (Fsp3) is 0.421. The number of nitrogens with zero attached hydrogens (tertiary/aromatic N) is 1. The van der Waals surface area contributed by atoms with Crippen molar-refractivity contribution in [1.82, 2.24) is 9.88 Å². The maximum Gasteiger partial charge on any atom is 0.248 e. The van der Waals surface area contributed by atoms with Gasteiger partial charge in [0.25, 0.3) is 0 Å².